The molecule has 0 saturated carbocycles. The van der Waals surface area contributed by atoms with E-state index in [-0.39, 0.29) is 6.10 Å². The summed E-state index contributed by atoms with van der Waals surface area (Å²) in [6, 6.07) is 13.0. The highest BCUT2D eigenvalue weighted by Gasteiger charge is 2.08. The molecule has 2 rings (SSSR count). The number of benzene rings is 2. The lowest BCUT2D eigenvalue weighted by atomic mass is 10.3. The first-order valence-corrected chi connectivity index (χ1v) is 7.92. The Morgan fingerprint density at radius 3 is 2.45 bits per heavy atom. The number of anilines is 1. The Hall–Kier alpha value is -1.58. The predicted molar refractivity (Wildman–Crippen MR) is 92.7 cm³/mol. The number of hydrogen-bond donors (Lipinski definition) is 1. The lowest BCUT2D eigenvalue weighted by Gasteiger charge is -2.17. The molecule has 2 aromatic rings. The van der Waals surface area contributed by atoms with Crippen LogP contribution in [0.4, 0.5) is 5.69 Å². The van der Waals surface area contributed by atoms with E-state index in [0.29, 0.717) is 28.9 Å². The molecule has 118 valence electrons. The maximum atomic E-state index is 6.09. The summed E-state index contributed by atoms with van der Waals surface area (Å²) < 4.78 is 11.2. The summed E-state index contributed by atoms with van der Waals surface area (Å²) in [7, 11) is 0. The van der Waals surface area contributed by atoms with E-state index in [1.54, 1.807) is 18.2 Å². The molecule has 0 spiro atoms. The highest BCUT2D eigenvalue weighted by molar-refractivity contribution is 6.35. The molecule has 3 nitrogen and oxygen atoms in total. The third kappa shape index (κ3) is 5.00. The summed E-state index contributed by atoms with van der Waals surface area (Å²) in [6.07, 6.45) is -0.0368. The second-order valence-electron chi connectivity index (χ2n) is 4.84. The van der Waals surface area contributed by atoms with E-state index in [1.165, 1.54) is 0 Å². The molecule has 0 aromatic heterocycles. The number of hydrogen-bond acceptors (Lipinski definition) is 3. The Bertz CT molecular complexity index is 602. The van der Waals surface area contributed by atoms with Gasteiger partial charge in [0, 0.05) is 10.7 Å². The lowest BCUT2D eigenvalue weighted by molar-refractivity contribution is 0.235. The molecule has 2 aromatic carbocycles. The van der Waals surface area contributed by atoms with Crippen molar-refractivity contribution in [1.29, 1.82) is 0 Å². The molecule has 1 unspecified atom stereocenters. The second-order valence-corrected chi connectivity index (χ2v) is 5.69. The van der Waals surface area contributed by atoms with Crippen molar-refractivity contribution in [2.45, 2.75) is 20.0 Å². The number of halogens is 2. The fraction of sp³-hybridized carbons (Fsp3) is 0.294. The first kappa shape index (κ1) is 16.8. The van der Waals surface area contributed by atoms with Crippen LogP contribution in [0.5, 0.6) is 11.5 Å². The Labute approximate surface area is 141 Å². The highest BCUT2D eigenvalue weighted by atomic mass is 35.5. The smallest absolute Gasteiger partial charge is 0.138 e. The molecule has 0 aliphatic rings. The maximum Gasteiger partial charge on any atom is 0.138 e. The van der Waals surface area contributed by atoms with Gasteiger partial charge in [-0.1, -0.05) is 23.2 Å². The quantitative estimate of drug-likeness (QED) is 0.745. The summed E-state index contributed by atoms with van der Waals surface area (Å²) in [5.74, 6) is 1.50. The molecule has 0 radical (unpaired) electrons. The van der Waals surface area contributed by atoms with Gasteiger partial charge in [0.05, 0.1) is 18.2 Å². The van der Waals surface area contributed by atoms with Gasteiger partial charge in [-0.3, -0.25) is 0 Å². The fourth-order valence-electron chi connectivity index (χ4n) is 1.93. The van der Waals surface area contributed by atoms with E-state index < -0.39 is 0 Å². The third-order valence-corrected chi connectivity index (χ3v) is 3.51. The fourth-order valence-corrected chi connectivity index (χ4v) is 2.38. The molecule has 1 N–H and O–H groups in total. The summed E-state index contributed by atoms with van der Waals surface area (Å²) in [6.45, 7) is 5.27. The van der Waals surface area contributed by atoms with E-state index in [1.807, 2.05) is 38.1 Å². The van der Waals surface area contributed by atoms with Crippen LogP contribution < -0.4 is 14.8 Å². The summed E-state index contributed by atoms with van der Waals surface area (Å²) in [5.41, 5.74) is 1.01. The van der Waals surface area contributed by atoms with Crippen LogP contribution in [0, 0.1) is 0 Å². The Balaban J connectivity index is 1.85. The topological polar surface area (TPSA) is 30.5 Å². The predicted octanol–water partition coefficient (Wildman–Crippen LogP) is 5.27. The van der Waals surface area contributed by atoms with Crippen LogP contribution in [0.3, 0.4) is 0 Å². The third-order valence-electron chi connectivity index (χ3n) is 2.98. The van der Waals surface area contributed by atoms with Gasteiger partial charge in [0.1, 0.15) is 17.6 Å². The van der Waals surface area contributed by atoms with E-state index in [2.05, 4.69) is 5.32 Å². The maximum absolute atomic E-state index is 6.09. The lowest BCUT2D eigenvalue weighted by Crippen LogP contribution is -2.22. The van der Waals surface area contributed by atoms with Gasteiger partial charge in [-0.25, -0.2) is 0 Å². The van der Waals surface area contributed by atoms with Gasteiger partial charge in [-0.15, -0.1) is 0 Å². The zero-order chi connectivity index (χ0) is 15.9. The van der Waals surface area contributed by atoms with Gasteiger partial charge in [-0.2, -0.15) is 0 Å². The zero-order valence-electron chi connectivity index (χ0n) is 12.6. The molecule has 0 fully saturated rings. The average molecular weight is 340 g/mol. The molecular weight excluding hydrogens is 321 g/mol. The minimum absolute atomic E-state index is 0.0368. The minimum Gasteiger partial charge on any atom is -0.494 e. The number of nitrogens with one attached hydrogen (secondary N) is 1. The molecule has 0 aliphatic carbocycles. The molecule has 0 amide bonds. The van der Waals surface area contributed by atoms with Crippen molar-refractivity contribution in [3.63, 3.8) is 0 Å². The molecule has 0 saturated heterocycles. The molecule has 0 heterocycles. The van der Waals surface area contributed by atoms with Crippen molar-refractivity contribution in [3.8, 4) is 11.5 Å². The summed E-state index contributed by atoms with van der Waals surface area (Å²) >= 11 is 12.0. The molecule has 22 heavy (non-hydrogen) atoms. The van der Waals surface area contributed by atoms with Crippen LogP contribution in [-0.2, 0) is 0 Å². The van der Waals surface area contributed by atoms with Gasteiger partial charge in [-0.05, 0) is 56.3 Å². The minimum atomic E-state index is -0.0368. The van der Waals surface area contributed by atoms with Gasteiger partial charge < -0.3 is 14.8 Å². The number of ether oxygens (including phenoxy) is 2. The molecule has 1 atom stereocenters. The normalized spacial score (nSPS) is 11.8. The van der Waals surface area contributed by atoms with Crippen molar-refractivity contribution >= 4 is 28.9 Å². The van der Waals surface area contributed by atoms with Crippen LogP contribution in [0.1, 0.15) is 13.8 Å². The zero-order valence-corrected chi connectivity index (χ0v) is 14.1. The van der Waals surface area contributed by atoms with Gasteiger partial charge in [0.2, 0.25) is 0 Å². The number of rotatable bonds is 7. The molecule has 5 heteroatoms. The van der Waals surface area contributed by atoms with E-state index in [0.717, 1.165) is 11.4 Å². The second kappa shape index (κ2) is 8.16. The Kier molecular flexibility index (Phi) is 6.22. The van der Waals surface area contributed by atoms with Crippen molar-refractivity contribution in [1.82, 2.24) is 0 Å². The highest BCUT2D eigenvalue weighted by Crippen LogP contribution is 2.28. The SMILES string of the molecule is CCOc1ccc(NCC(C)Oc2ccc(Cl)cc2Cl)cc1. The first-order valence-electron chi connectivity index (χ1n) is 7.17. The van der Waals surface area contributed by atoms with Crippen molar-refractivity contribution in [2.75, 3.05) is 18.5 Å². The van der Waals surface area contributed by atoms with Gasteiger partial charge in [0.25, 0.3) is 0 Å². The van der Waals surface area contributed by atoms with E-state index in [4.69, 9.17) is 32.7 Å². The average Bonchev–Trinajstić information content (AvgIpc) is 2.50. The Morgan fingerprint density at radius 1 is 1.09 bits per heavy atom. The van der Waals surface area contributed by atoms with Crippen molar-refractivity contribution in [2.24, 2.45) is 0 Å². The monoisotopic (exact) mass is 339 g/mol. The van der Waals surface area contributed by atoms with Crippen LogP contribution in [0.25, 0.3) is 0 Å². The first-order chi connectivity index (χ1) is 10.6. The molecule has 0 aliphatic heterocycles. The van der Waals surface area contributed by atoms with Crippen molar-refractivity contribution in [3.05, 3.63) is 52.5 Å². The standard InChI is InChI=1S/C17H19Cl2NO2/c1-3-21-15-7-5-14(6-8-15)20-11-12(2)22-17-9-4-13(18)10-16(17)19/h4-10,12,20H,3,11H2,1-2H3. The molecular formula is C17H19Cl2NO2. The Morgan fingerprint density at radius 2 is 1.82 bits per heavy atom. The van der Waals surface area contributed by atoms with Crippen LogP contribution in [0.2, 0.25) is 10.0 Å². The summed E-state index contributed by atoms with van der Waals surface area (Å²) in [5, 5.41) is 4.42. The van der Waals surface area contributed by atoms with Crippen molar-refractivity contribution < 1.29 is 9.47 Å². The van der Waals surface area contributed by atoms with Crippen LogP contribution >= 0.6 is 23.2 Å². The van der Waals surface area contributed by atoms with Crippen LogP contribution in [0.15, 0.2) is 42.5 Å². The summed E-state index contributed by atoms with van der Waals surface area (Å²) in [4.78, 5) is 0. The van der Waals surface area contributed by atoms with Gasteiger partial charge in [0.15, 0.2) is 0 Å². The van der Waals surface area contributed by atoms with E-state index >= 15 is 0 Å². The van der Waals surface area contributed by atoms with Gasteiger partial charge >= 0.3 is 0 Å². The van der Waals surface area contributed by atoms with E-state index in [9.17, 15) is 0 Å². The van der Waals surface area contributed by atoms with Crippen LogP contribution in [-0.4, -0.2) is 19.3 Å². The molecule has 0 bridgehead atoms. The largest absolute Gasteiger partial charge is 0.494 e.